The van der Waals surface area contributed by atoms with E-state index in [9.17, 15) is 14.7 Å². The second-order valence-corrected chi connectivity index (χ2v) is 11.0. The molecule has 43 heavy (non-hydrogen) atoms. The maximum absolute atomic E-state index is 15.2. The van der Waals surface area contributed by atoms with Crippen molar-refractivity contribution in [2.45, 2.75) is 19.9 Å². The van der Waals surface area contributed by atoms with E-state index in [0.717, 1.165) is 45.3 Å². The lowest BCUT2D eigenvalue weighted by molar-refractivity contribution is 0.0376. The number of halogens is 2. The van der Waals surface area contributed by atoms with E-state index in [1.807, 2.05) is 16.7 Å². The van der Waals surface area contributed by atoms with Crippen LogP contribution in [-0.2, 0) is 11.3 Å². The Morgan fingerprint density at radius 1 is 1.00 bits per heavy atom. The smallest absolute Gasteiger partial charge is 0.341 e. The van der Waals surface area contributed by atoms with E-state index in [4.69, 9.17) is 17.0 Å². The molecule has 3 N–H and O–H groups in total. The van der Waals surface area contributed by atoms with Crippen LogP contribution in [0.2, 0.25) is 0 Å². The average molecular weight is 615 g/mol. The number of anilines is 3. The third-order valence-electron chi connectivity index (χ3n) is 7.93. The lowest BCUT2D eigenvalue weighted by Gasteiger charge is -2.37. The molecule has 0 spiro atoms. The largest absolute Gasteiger partial charge is 0.477 e. The fraction of sp³-hybridized carbons (Fsp3) is 0.433. The van der Waals surface area contributed by atoms with E-state index < -0.39 is 22.8 Å². The zero-order valence-electron chi connectivity index (χ0n) is 24.1. The number of fused-ring (bicyclic) bond motifs is 1. The Morgan fingerprint density at radius 2 is 1.67 bits per heavy atom. The number of nitrogens with zero attached hydrogens (tertiary/aromatic N) is 4. The number of morpholine rings is 1. The van der Waals surface area contributed by atoms with Gasteiger partial charge in [-0.1, -0.05) is 0 Å². The Morgan fingerprint density at radius 3 is 2.33 bits per heavy atom. The summed E-state index contributed by atoms with van der Waals surface area (Å²) in [7, 11) is 0. The van der Waals surface area contributed by atoms with E-state index in [-0.39, 0.29) is 11.2 Å². The maximum Gasteiger partial charge on any atom is 0.341 e. The van der Waals surface area contributed by atoms with E-state index in [0.29, 0.717) is 67.0 Å². The number of hydrogen-bond donors (Lipinski definition) is 3. The first-order valence-electron chi connectivity index (χ1n) is 14.5. The summed E-state index contributed by atoms with van der Waals surface area (Å²) in [6.07, 6.45) is 2.23. The van der Waals surface area contributed by atoms with Crippen molar-refractivity contribution >= 4 is 51.3 Å². The number of aromatic carboxylic acids is 1. The van der Waals surface area contributed by atoms with Crippen molar-refractivity contribution in [3.63, 3.8) is 0 Å². The topological polar surface area (TPSA) is 102 Å². The number of rotatable bonds is 9. The molecular weight excluding hydrogens is 578 g/mol. The third-order valence-corrected chi connectivity index (χ3v) is 8.17. The second kappa shape index (κ2) is 13.7. The molecule has 3 aromatic rings. The number of piperazine rings is 1. The van der Waals surface area contributed by atoms with E-state index >= 15 is 8.78 Å². The standard InChI is InChI=1S/C30H36F2N6O4S/c1-2-36-19-22(29(40)41)28(39)21-17-24(32)27(18-26(21)36)38-10-8-37(9-11-38)25-5-4-20(16-23(25)31)34-30(43)33-6-3-7-35-12-14-42-15-13-35/h4-5,16-19H,2-3,6-15H2,1H3,(H,40,41)(H2,33,34,43). The van der Waals surface area contributed by atoms with Crippen molar-refractivity contribution in [1.29, 1.82) is 0 Å². The number of thiocarbonyl (C=S) groups is 1. The molecule has 0 unspecified atom stereocenters. The molecule has 2 aliphatic rings. The molecule has 2 saturated heterocycles. The molecule has 230 valence electrons. The summed E-state index contributed by atoms with van der Waals surface area (Å²) in [5, 5.41) is 16.1. The lowest BCUT2D eigenvalue weighted by Crippen LogP contribution is -2.47. The molecule has 2 aliphatic heterocycles. The maximum atomic E-state index is 15.2. The molecule has 0 radical (unpaired) electrons. The minimum atomic E-state index is -1.35. The average Bonchev–Trinajstić information content (AvgIpc) is 3.00. The number of benzene rings is 2. The van der Waals surface area contributed by atoms with Crippen LogP contribution in [-0.4, -0.2) is 91.2 Å². The van der Waals surface area contributed by atoms with Crippen molar-refractivity contribution in [2.24, 2.45) is 0 Å². The van der Waals surface area contributed by atoms with E-state index in [1.54, 1.807) is 22.8 Å². The third kappa shape index (κ3) is 7.06. The quantitative estimate of drug-likeness (QED) is 0.246. The first-order chi connectivity index (χ1) is 20.7. The molecule has 5 rings (SSSR count). The van der Waals surface area contributed by atoms with Gasteiger partial charge in [0, 0.05) is 69.6 Å². The zero-order valence-corrected chi connectivity index (χ0v) is 24.9. The number of pyridine rings is 1. The van der Waals surface area contributed by atoms with Gasteiger partial charge in [0.15, 0.2) is 5.11 Å². The van der Waals surface area contributed by atoms with Gasteiger partial charge in [0.25, 0.3) is 0 Å². The van der Waals surface area contributed by atoms with E-state index in [2.05, 4.69) is 15.5 Å². The van der Waals surface area contributed by atoms with Crippen LogP contribution in [0.5, 0.6) is 0 Å². The van der Waals surface area contributed by atoms with Gasteiger partial charge in [-0.15, -0.1) is 0 Å². The highest BCUT2D eigenvalue weighted by molar-refractivity contribution is 7.80. The summed E-state index contributed by atoms with van der Waals surface area (Å²) in [4.78, 5) is 30.3. The predicted molar refractivity (Wildman–Crippen MR) is 168 cm³/mol. The highest BCUT2D eigenvalue weighted by atomic mass is 32.1. The first kappa shape index (κ1) is 30.6. The summed E-state index contributed by atoms with van der Waals surface area (Å²) in [6, 6.07) is 7.63. The van der Waals surface area contributed by atoms with Gasteiger partial charge in [0.2, 0.25) is 5.43 Å². The molecular formula is C30H36F2N6O4S. The Labute approximate surface area is 253 Å². The fourth-order valence-corrected chi connectivity index (χ4v) is 5.81. The molecule has 0 bridgehead atoms. The number of carbonyl (C=O) groups is 1. The molecule has 0 aliphatic carbocycles. The van der Waals surface area contributed by atoms with Crippen LogP contribution in [0.15, 0.2) is 41.3 Å². The summed E-state index contributed by atoms with van der Waals surface area (Å²) in [5.41, 5.74) is 0.691. The van der Waals surface area contributed by atoms with Gasteiger partial charge in [0.05, 0.1) is 30.1 Å². The Kier molecular flexibility index (Phi) is 9.73. The molecule has 3 heterocycles. The van der Waals surface area contributed by atoms with Gasteiger partial charge < -0.3 is 34.8 Å². The molecule has 2 fully saturated rings. The summed E-state index contributed by atoms with van der Waals surface area (Å²) >= 11 is 5.38. The van der Waals surface area contributed by atoms with Crippen LogP contribution in [0.1, 0.15) is 23.7 Å². The number of hydrogen-bond acceptors (Lipinski definition) is 7. The molecule has 10 nitrogen and oxygen atoms in total. The molecule has 2 aromatic carbocycles. The normalized spacial score (nSPS) is 16.0. The van der Waals surface area contributed by atoms with E-state index in [1.165, 1.54) is 12.3 Å². The van der Waals surface area contributed by atoms with Crippen LogP contribution in [0.25, 0.3) is 10.9 Å². The Hall–Kier alpha value is -3.81. The first-order valence-corrected chi connectivity index (χ1v) is 14.9. The zero-order chi connectivity index (χ0) is 30.5. The minimum Gasteiger partial charge on any atom is -0.477 e. The Bertz CT molecular complexity index is 1550. The van der Waals surface area contributed by atoms with Gasteiger partial charge in [-0.2, -0.15) is 0 Å². The van der Waals surface area contributed by atoms with Crippen molar-refractivity contribution in [3.8, 4) is 0 Å². The predicted octanol–water partition coefficient (Wildman–Crippen LogP) is 3.33. The highest BCUT2D eigenvalue weighted by Gasteiger charge is 2.24. The van der Waals surface area contributed by atoms with Crippen molar-refractivity contribution in [2.75, 3.05) is 80.7 Å². The second-order valence-electron chi connectivity index (χ2n) is 10.6. The number of carboxylic acid groups (broad SMARTS) is 1. The fourth-order valence-electron chi connectivity index (χ4n) is 5.59. The van der Waals surface area contributed by atoms with Crippen molar-refractivity contribution < 1.29 is 23.4 Å². The number of nitrogens with one attached hydrogen (secondary N) is 2. The Balaban J connectivity index is 1.18. The van der Waals surface area contributed by atoms with Crippen molar-refractivity contribution in [3.05, 3.63) is 63.9 Å². The lowest BCUT2D eigenvalue weighted by atomic mass is 10.1. The molecule has 0 saturated carbocycles. The van der Waals surface area contributed by atoms with Crippen LogP contribution in [0.4, 0.5) is 25.8 Å². The monoisotopic (exact) mass is 614 g/mol. The number of aromatic nitrogens is 1. The number of carboxylic acids is 1. The molecule has 13 heteroatoms. The summed E-state index contributed by atoms with van der Waals surface area (Å²) < 4.78 is 37.4. The van der Waals surface area contributed by atoms with Gasteiger partial charge in [-0.3, -0.25) is 9.69 Å². The van der Waals surface area contributed by atoms with Crippen LogP contribution in [0.3, 0.4) is 0 Å². The molecule has 0 atom stereocenters. The number of aryl methyl sites for hydroxylation is 1. The van der Waals surface area contributed by atoms with Crippen molar-refractivity contribution in [1.82, 2.24) is 14.8 Å². The molecule has 0 amide bonds. The van der Waals surface area contributed by atoms with Crippen LogP contribution < -0.4 is 25.9 Å². The van der Waals surface area contributed by atoms with Gasteiger partial charge in [-0.05, 0) is 62.4 Å². The highest BCUT2D eigenvalue weighted by Crippen LogP contribution is 2.29. The summed E-state index contributed by atoms with van der Waals surface area (Å²) in [5.74, 6) is -2.33. The summed E-state index contributed by atoms with van der Waals surface area (Å²) in [6.45, 7) is 9.15. The minimum absolute atomic E-state index is 0.0278. The number of ether oxygens (including phenoxy) is 1. The SMILES string of the molecule is CCn1cc(C(=O)O)c(=O)c2cc(F)c(N3CCN(c4ccc(NC(=S)NCCCN5CCOCC5)cc4F)CC3)cc21. The molecule has 1 aromatic heterocycles. The van der Waals surface area contributed by atoms with Gasteiger partial charge in [0.1, 0.15) is 17.2 Å². The van der Waals surface area contributed by atoms with Gasteiger partial charge >= 0.3 is 5.97 Å². The van der Waals surface area contributed by atoms with Crippen LogP contribution in [0, 0.1) is 11.6 Å². The van der Waals surface area contributed by atoms with Crippen LogP contribution >= 0.6 is 12.2 Å². The van der Waals surface area contributed by atoms with Gasteiger partial charge in [-0.25, -0.2) is 13.6 Å².